The maximum atomic E-state index is 8.77. The quantitative estimate of drug-likeness (QED) is 0.348. The smallest absolute Gasteiger partial charge is 0.756 e. The van der Waals surface area contributed by atoms with Crippen molar-refractivity contribution in [1.82, 2.24) is 0 Å². The third-order valence-electron chi connectivity index (χ3n) is 10.2. The van der Waals surface area contributed by atoms with Gasteiger partial charge in [-0.25, -0.2) is 0 Å². The zero-order valence-corrected chi connectivity index (χ0v) is 25.1. The predicted octanol–water partition coefficient (Wildman–Crippen LogP) is 3.86. The van der Waals surface area contributed by atoms with Crippen molar-refractivity contribution in [3.63, 3.8) is 0 Å². The normalized spacial score (nSPS) is 38.6. The summed E-state index contributed by atoms with van der Waals surface area (Å²) >= 11 is 0. The van der Waals surface area contributed by atoms with E-state index in [-0.39, 0.29) is 29.6 Å². The molecule has 3 saturated carbocycles. The zero-order valence-electron chi connectivity index (χ0n) is 22.2. The fourth-order valence-electron chi connectivity index (χ4n) is 8.72. The van der Waals surface area contributed by atoms with Gasteiger partial charge in [0.2, 0.25) is 0 Å². The van der Waals surface area contributed by atoms with E-state index in [9.17, 15) is 0 Å². The molecule has 0 heterocycles. The van der Waals surface area contributed by atoms with Crippen LogP contribution in [0.5, 0.6) is 0 Å². The fourth-order valence-corrected chi connectivity index (χ4v) is 8.72. The number of rotatable bonds is 5. The molecule has 2 N–H and O–H groups in total. The summed E-state index contributed by atoms with van der Waals surface area (Å²) in [6, 6.07) is 0. The molecule has 0 bridgehead atoms. The van der Waals surface area contributed by atoms with Crippen LogP contribution in [0.3, 0.4) is 0 Å². The van der Waals surface area contributed by atoms with Gasteiger partial charge >= 0.3 is 29.6 Å². The fraction of sp³-hybridized carbons (Fsp3) is 0.926. The summed E-state index contributed by atoms with van der Waals surface area (Å²) in [6.07, 6.45) is 20.5. The Hall–Kier alpha value is 0.850. The first kappa shape index (κ1) is 30.1. The molecule has 4 rings (SSSR count). The van der Waals surface area contributed by atoms with Crippen LogP contribution in [0, 0.1) is 46.3 Å². The first-order valence-electron chi connectivity index (χ1n) is 13.3. The maximum Gasteiger partial charge on any atom is 1.00 e. The second kappa shape index (κ2) is 11.9. The van der Waals surface area contributed by atoms with Crippen molar-refractivity contribution in [3.05, 3.63) is 11.6 Å². The second-order valence-electron chi connectivity index (χ2n) is 12.5. The second-order valence-corrected chi connectivity index (χ2v) is 13.5. The van der Waals surface area contributed by atoms with E-state index in [1.165, 1.54) is 77.0 Å². The molecule has 3 fully saturated rings. The molecule has 0 amide bonds. The van der Waals surface area contributed by atoms with Crippen LogP contribution < -0.4 is 34.5 Å². The molecular weight excluding hydrogens is 442 g/mol. The van der Waals surface area contributed by atoms with Crippen LogP contribution in [0.25, 0.3) is 0 Å². The molecule has 0 aromatic carbocycles. The number of hydrogen-bond donors (Lipinski definition) is 2. The Morgan fingerprint density at radius 1 is 1.06 bits per heavy atom. The van der Waals surface area contributed by atoms with Gasteiger partial charge in [-0.05, 0) is 97.7 Å². The van der Waals surface area contributed by atoms with Gasteiger partial charge in [0.05, 0.1) is 0 Å². The van der Waals surface area contributed by atoms with Gasteiger partial charge in [0.15, 0.2) is 0 Å². The average molecular weight is 491 g/mol. The Labute approximate surface area is 225 Å². The molecule has 4 aliphatic rings. The van der Waals surface area contributed by atoms with E-state index >= 15 is 0 Å². The van der Waals surface area contributed by atoms with Gasteiger partial charge in [0.25, 0.3) is 7.82 Å². The van der Waals surface area contributed by atoms with Gasteiger partial charge in [-0.3, -0.25) is 4.57 Å². The third kappa shape index (κ3) is 7.00. The molecule has 4 aliphatic carbocycles. The molecule has 33 heavy (non-hydrogen) atoms. The predicted molar refractivity (Wildman–Crippen MR) is 130 cm³/mol. The molecule has 4 nitrogen and oxygen atoms in total. The monoisotopic (exact) mass is 490 g/mol. The summed E-state index contributed by atoms with van der Waals surface area (Å²) in [4.78, 5) is 22.9. The van der Waals surface area contributed by atoms with Crippen molar-refractivity contribution in [2.75, 3.05) is 0 Å². The van der Waals surface area contributed by atoms with Crippen LogP contribution in [0.15, 0.2) is 11.6 Å². The summed E-state index contributed by atoms with van der Waals surface area (Å²) < 4.78 is 8.77. The van der Waals surface area contributed by atoms with E-state index in [0.717, 1.165) is 35.5 Å². The minimum atomic E-state index is -4.89. The molecule has 0 saturated heterocycles. The number of fused-ring (bicyclic) bond motifs is 5. The van der Waals surface area contributed by atoms with Crippen molar-refractivity contribution in [3.8, 4) is 0 Å². The molecule has 3 unspecified atom stereocenters. The van der Waals surface area contributed by atoms with Gasteiger partial charge in [-0.1, -0.05) is 72.0 Å². The SMILES string of the molecule is CC(C)CCC[C@@H](C)[C@H]1CCC2C3CC=C4CCCC[C@]4(C)C3CC[C@@]21C.O=P([O-])(O)O.[Na+]. The van der Waals surface area contributed by atoms with E-state index in [2.05, 4.69) is 40.7 Å². The average Bonchev–Trinajstić information content (AvgIpc) is 3.03. The molecule has 7 atom stereocenters. The van der Waals surface area contributed by atoms with Crippen molar-refractivity contribution < 1.29 is 48.8 Å². The van der Waals surface area contributed by atoms with Crippen LogP contribution in [-0.2, 0) is 4.57 Å². The van der Waals surface area contributed by atoms with Crippen LogP contribution in [0.4, 0.5) is 0 Å². The van der Waals surface area contributed by atoms with Crippen molar-refractivity contribution in [2.24, 2.45) is 46.3 Å². The van der Waals surface area contributed by atoms with Gasteiger partial charge in [-0.2, -0.15) is 0 Å². The third-order valence-corrected chi connectivity index (χ3v) is 10.2. The van der Waals surface area contributed by atoms with Crippen LogP contribution in [0.1, 0.15) is 112 Å². The van der Waals surface area contributed by atoms with Gasteiger partial charge in [-0.15, -0.1) is 0 Å². The van der Waals surface area contributed by atoms with E-state index < -0.39 is 7.82 Å². The molecular formula is C27H48NaO4P. The van der Waals surface area contributed by atoms with Crippen LogP contribution in [0.2, 0.25) is 0 Å². The van der Waals surface area contributed by atoms with Crippen molar-refractivity contribution >= 4 is 7.82 Å². The summed E-state index contributed by atoms with van der Waals surface area (Å²) in [5.41, 5.74) is 3.09. The zero-order chi connectivity index (χ0) is 23.7. The molecule has 6 heteroatoms. The standard InChI is InChI=1S/C27H46.Na.H3O4P/c1-19(2)9-8-10-20(3)23-14-15-24-22-13-12-21-11-6-7-17-26(21,4)25(22)16-18-27(23,24)5;;1-5(2,3)4/h12,19-20,22-25H,6-11,13-18H2,1-5H3;;(H3,1,2,3,4)/q;+1;/p-1/t20-,22?,23-,24?,25?,26+,27-;;/m1../s1. The van der Waals surface area contributed by atoms with Gasteiger partial charge < -0.3 is 14.7 Å². The van der Waals surface area contributed by atoms with Crippen LogP contribution in [-0.4, -0.2) is 9.79 Å². The van der Waals surface area contributed by atoms with Gasteiger partial charge in [0, 0.05) is 0 Å². The Kier molecular flexibility index (Phi) is 10.9. The maximum absolute atomic E-state index is 8.77. The Morgan fingerprint density at radius 3 is 2.36 bits per heavy atom. The molecule has 0 aliphatic heterocycles. The Morgan fingerprint density at radius 2 is 1.73 bits per heavy atom. The number of hydrogen-bond acceptors (Lipinski definition) is 2. The molecule has 0 spiro atoms. The van der Waals surface area contributed by atoms with Gasteiger partial charge in [0.1, 0.15) is 0 Å². The topological polar surface area (TPSA) is 80.6 Å². The van der Waals surface area contributed by atoms with Crippen molar-refractivity contribution in [2.45, 2.75) is 112 Å². The minimum absolute atomic E-state index is 0. The number of phosphoric acid groups is 1. The minimum Gasteiger partial charge on any atom is -0.756 e. The Bertz CT molecular complexity index is 711. The molecule has 0 aromatic rings. The van der Waals surface area contributed by atoms with E-state index in [0.29, 0.717) is 10.8 Å². The van der Waals surface area contributed by atoms with E-state index in [1.54, 1.807) is 0 Å². The largest absolute Gasteiger partial charge is 1.00 e. The Balaban J connectivity index is 0.000000583. The van der Waals surface area contributed by atoms with Crippen molar-refractivity contribution in [1.29, 1.82) is 0 Å². The first-order valence-corrected chi connectivity index (χ1v) is 14.9. The van der Waals surface area contributed by atoms with E-state index in [1.807, 2.05) is 5.57 Å². The van der Waals surface area contributed by atoms with E-state index in [4.69, 9.17) is 19.2 Å². The molecule has 186 valence electrons. The van der Waals surface area contributed by atoms with Crippen LogP contribution >= 0.6 is 7.82 Å². The summed E-state index contributed by atoms with van der Waals surface area (Å²) in [6.45, 7) is 12.8. The summed E-state index contributed by atoms with van der Waals surface area (Å²) in [5, 5.41) is 0. The number of allylic oxidation sites excluding steroid dienone is 2. The molecule has 0 radical (unpaired) electrons. The first-order chi connectivity index (χ1) is 14.9. The summed E-state index contributed by atoms with van der Waals surface area (Å²) in [5.74, 6) is 5.84. The molecule has 0 aromatic heterocycles. The summed E-state index contributed by atoms with van der Waals surface area (Å²) in [7, 11) is -4.89.